The van der Waals surface area contributed by atoms with Crippen LogP contribution in [0.3, 0.4) is 0 Å². The normalized spacial score (nSPS) is 11.0. The molecule has 0 aromatic carbocycles. The Hall–Kier alpha value is -2.47. The van der Waals surface area contributed by atoms with Crippen molar-refractivity contribution in [2.24, 2.45) is 0 Å². The first-order valence-corrected chi connectivity index (χ1v) is 6.46. The van der Waals surface area contributed by atoms with Gasteiger partial charge in [0.15, 0.2) is 5.65 Å². The zero-order valence-corrected chi connectivity index (χ0v) is 10.9. The highest BCUT2D eigenvalue weighted by Gasteiger charge is 2.03. The Bertz CT molecular complexity index is 692. The fourth-order valence-corrected chi connectivity index (χ4v) is 2.00. The van der Waals surface area contributed by atoms with E-state index >= 15 is 0 Å². The second kappa shape index (κ2) is 5.66. The van der Waals surface area contributed by atoms with Gasteiger partial charge in [0, 0.05) is 25.7 Å². The van der Waals surface area contributed by atoms with Crippen LogP contribution < -0.4 is 5.32 Å². The van der Waals surface area contributed by atoms with Crippen molar-refractivity contribution in [3.8, 4) is 5.75 Å². The second-order valence-electron chi connectivity index (χ2n) is 4.48. The molecule has 0 aliphatic heterocycles. The molecule has 2 N–H and O–H groups in total. The van der Waals surface area contributed by atoms with Gasteiger partial charge in [0.2, 0.25) is 0 Å². The summed E-state index contributed by atoms with van der Waals surface area (Å²) in [5, 5.41) is 20.7. The van der Waals surface area contributed by atoms with Crippen LogP contribution in [0.5, 0.6) is 5.75 Å². The first-order chi connectivity index (χ1) is 9.83. The second-order valence-corrected chi connectivity index (χ2v) is 4.48. The molecule has 0 atom stereocenters. The van der Waals surface area contributed by atoms with E-state index in [9.17, 15) is 0 Å². The molecule has 0 spiro atoms. The lowest BCUT2D eigenvalue weighted by Crippen LogP contribution is -2.18. The van der Waals surface area contributed by atoms with E-state index in [1.165, 1.54) is 6.20 Å². The molecule has 0 saturated heterocycles. The molecule has 3 aromatic rings. The van der Waals surface area contributed by atoms with Gasteiger partial charge in [0.1, 0.15) is 11.6 Å². The van der Waals surface area contributed by atoms with Crippen LogP contribution in [0.15, 0.2) is 42.7 Å². The molecule has 0 bridgehead atoms. The van der Waals surface area contributed by atoms with Crippen molar-refractivity contribution in [2.45, 2.75) is 13.0 Å². The van der Waals surface area contributed by atoms with Crippen molar-refractivity contribution in [2.75, 3.05) is 6.54 Å². The maximum atomic E-state index is 9.15. The molecular formula is C14H15N5O. The molecule has 0 fully saturated rings. The third-order valence-corrected chi connectivity index (χ3v) is 3.02. The van der Waals surface area contributed by atoms with E-state index in [0.29, 0.717) is 6.54 Å². The molecule has 0 amide bonds. The predicted molar refractivity (Wildman–Crippen MR) is 74.3 cm³/mol. The van der Waals surface area contributed by atoms with Gasteiger partial charge in [-0.3, -0.25) is 9.38 Å². The largest absolute Gasteiger partial charge is 0.506 e. The van der Waals surface area contributed by atoms with E-state index in [4.69, 9.17) is 5.11 Å². The fraction of sp³-hybridized carbons (Fsp3) is 0.214. The number of nitrogens with zero attached hydrogens (tertiary/aromatic N) is 4. The topological polar surface area (TPSA) is 75.3 Å². The summed E-state index contributed by atoms with van der Waals surface area (Å²) in [6.45, 7) is 1.45. The van der Waals surface area contributed by atoms with Crippen molar-refractivity contribution >= 4 is 5.65 Å². The minimum absolute atomic E-state index is 0.184. The van der Waals surface area contributed by atoms with Gasteiger partial charge in [0.05, 0.1) is 11.9 Å². The lowest BCUT2D eigenvalue weighted by molar-refractivity contribution is 0.471. The highest BCUT2D eigenvalue weighted by molar-refractivity contribution is 5.37. The smallest absolute Gasteiger partial charge is 0.160 e. The molecule has 3 heterocycles. The molecule has 3 rings (SSSR count). The Balaban J connectivity index is 1.54. The number of rotatable bonds is 5. The molecule has 0 saturated carbocycles. The molecule has 102 valence electrons. The van der Waals surface area contributed by atoms with Crippen molar-refractivity contribution in [3.63, 3.8) is 0 Å². The van der Waals surface area contributed by atoms with Gasteiger partial charge >= 0.3 is 0 Å². The lowest BCUT2D eigenvalue weighted by Gasteiger charge is -2.04. The summed E-state index contributed by atoms with van der Waals surface area (Å²) in [6, 6.07) is 9.28. The lowest BCUT2D eigenvalue weighted by atomic mass is 10.3. The molecule has 6 nitrogen and oxygen atoms in total. The van der Waals surface area contributed by atoms with Crippen LogP contribution in [0.1, 0.15) is 11.5 Å². The van der Waals surface area contributed by atoms with Crippen LogP contribution in [0.25, 0.3) is 5.65 Å². The van der Waals surface area contributed by atoms with Gasteiger partial charge in [-0.05, 0) is 24.3 Å². The molecule has 0 radical (unpaired) electrons. The number of pyridine rings is 2. The Morgan fingerprint density at radius 3 is 2.95 bits per heavy atom. The van der Waals surface area contributed by atoms with E-state index in [0.717, 1.165) is 30.1 Å². The summed E-state index contributed by atoms with van der Waals surface area (Å²) in [6.07, 6.45) is 4.21. The number of hydrogen-bond acceptors (Lipinski definition) is 5. The van der Waals surface area contributed by atoms with Gasteiger partial charge in [0.25, 0.3) is 0 Å². The molecule has 0 aliphatic carbocycles. The SMILES string of the molecule is Oc1ccc(CNCCc2nnc3ccccn23)nc1. The van der Waals surface area contributed by atoms with Crippen LogP contribution in [-0.2, 0) is 13.0 Å². The van der Waals surface area contributed by atoms with Crippen molar-refractivity contribution in [3.05, 3.63) is 54.2 Å². The monoisotopic (exact) mass is 269 g/mol. The Morgan fingerprint density at radius 2 is 2.10 bits per heavy atom. The van der Waals surface area contributed by atoms with E-state index in [1.807, 2.05) is 28.8 Å². The van der Waals surface area contributed by atoms with Gasteiger partial charge < -0.3 is 10.4 Å². The van der Waals surface area contributed by atoms with E-state index < -0.39 is 0 Å². The van der Waals surface area contributed by atoms with Crippen LogP contribution >= 0.6 is 0 Å². The van der Waals surface area contributed by atoms with Crippen LogP contribution in [0, 0.1) is 0 Å². The summed E-state index contributed by atoms with van der Waals surface area (Å²) >= 11 is 0. The van der Waals surface area contributed by atoms with Crippen LogP contribution in [0.4, 0.5) is 0 Å². The van der Waals surface area contributed by atoms with Crippen molar-refractivity contribution < 1.29 is 5.11 Å². The fourth-order valence-electron chi connectivity index (χ4n) is 2.00. The standard InChI is InChI=1S/C14H15N5O/c20-12-5-4-11(16-10-12)9-15-7-6-14-18-17-13-3-1-2-8-19(13)14/h1-5,8,10,15,20H,6-7,9H2. The minimum Gasteiger partial charge on any atom is -0.506 e. The Labute approximate surface area is 116 Å². The van der Waals surface area contributed by atoms with Crippen molar-refractivity contribution in [1.29, 1.82) is 0 Å². The highest BCUT2D eigenvalue weighted by Crippen LogP contribution is 2.06. The van der Waals surface area contributed by atoms with E-state index in [-0.39, 0.29) is 5.75 Å². The third-order valence-electron chi connectivity index (χ3n) is 3.02. The van der Waals surface area contributed by atoms with E-state index in [2.05, 4.69) is 20.5 Å². The quantitative estimate of drug-likeness (QED) is 0.680. The maximum absolute atomic E-state index is 9.15. The summed E-state index contributed by atoms with van der Waals surface area (Å²) in [7, 11) is 0. The highest BCUT2D eigenvalue weighted by atomic mass is 16.3. The van der Waals surface area contributed by atoms with Crippen LogP contribution in [0.2, 0.25) is 0 Å². The number of aromatic nitrogens is 4. The predicted octanol–water partition coefficient (Wildman–Crippen LogP) is 1.16. The number of aromatic hydroxyl groups is 1. The van der Waals surface area contributed by atoms with Gasteiger partial charge in [-0.25, -0.2) is 0 Å². The zero-order valence-electron chi connectivity index (χ0n) is 10.9. The molecule has 0 aliphatic rings. The molecule has 0 unspecified atom stereocenters. The first-order valence-electron chi connectivity index (χ1n) is 6.46. The molecular weight excluding hydrogens is 254 g/mol. The molecule has 6 heteroatoms. The number of nitrogens with one attached hydrogen (secondary N) is 1. The van der Waals surface area contributed by atoms with Gasteiger partial charge in [-0.1, -0.05) is 6.07 Å². The number of hydrogen-bond donors (Lipinski definition) is 2. The van der Waals surface area contributed by atoms with Gasteiger partial charge in [-0.2, -0.15) is 0 Å². The third kappa shape index (κ3) is 2.75. The minimum atomic E-state index is 0.184. The summed E-state index contributed by atoms with van der Waals surface area (Å²) in [5.41, 5.74) is 1.76. The van der Waals surface area contributed by atoms with Gasteiger partial charge in [-0.15, -0.1) is 10.2 Å². The van der Waals surface area contributed by atoms with Crippen LogP contribution in [-0.4, -0.2) is 31.2 Å². The average molecular weight is 269 g/mol. The average Bonchev–Trinajstić information content (AvgIpc) is 2.89. The summed E-state index contributed by atoms with van der Waals surface area (Å²) < 4.78 is 1.99. The first kappa shape index (κ1) is 12.6. The molecule has 3 aromatic heterocycles. The van der Waals surface area contributed by atoms with E-state index in [1.54, 1.807) is 12.1 Å². The Kier molecular flexibility index (Phi) is 3.56. The number of fused-ring (bicyclic) bond motifs is 1. The Morgan fingerprint density at radius 1 is 1.15 bits per heavy atom. The summed E-state index contributed by atoms with van der Waals surface area (Å²) in [4.78, 5) is 4.12. The van der Waals surface area contributed by atoms with Crippen molar-refractivity contribution in [1.82, 2.24) is 24.9 Å². The summed E-state index contributed by atoms with van der Waals surface area (Å²) in [5.74, 6) is 1.12. The molecule has 20 heavy (non-hydrogen) atoms. The zero-order chi connectivity index (χ0) is 13.8. The maximum Gasteiger partial charge on any atom is 0.160 e.